The SMILES string of the molecule is CCCCCCCCOCC[C@H]1OCC[C@H](CO)O1. The molecule has 4 nitrogen and oxygen atoms in total. The fraction of sp³-hybridized carbons (Fsp3) is 1.00. The second kappa shape index (κ2) is 11.6. The molecule has 1 heterocycles. The maximum Gasteiger partial charge on any atom is 0.160 e. The van der Waals surface area contributed by atoms with Crippen molar-refractivity contribution in [3.63, 3.8) is 0 Å². The number of hydrogen-bond acceptors (Lipinski definition) is 4. The van der Waals surface area contributed by atoms with Gasteiger partial charge in [-0.15, -0.1) is 0 Å². The monoisotopic (exact) mass is 274 g/mol. The third kappa shape index (κ3) is 8.58. The number of aliphatic hydroxyl groups excluding tert-OH is 1. The van der Waals surface area contributed by atoms with Crippen LogP contribution in [-0.4, -0.2) is 43.9 Å². The van der Waals surface area contributed by atoms with Crippen LogP contribution < -0.4 is 0 Å². The summed E-state index contributed by atoms with van der Waals surface area (Å²) in [7, 11) is 0. The third-order valence-electron chi connectivity index (χ3n) is 3.43. The van der Waals surface area contributed by atoms with Gasteiger partial charge in [0, 0.05) is 13.0 Å². The first-order valence-electron chi connectivity index (χ1n) is 7.82. The molecule has 1 aliphatic rings. The highest BCUT2D eigenvalue weighted by molar-refractivity contribution is 4.62. The Hall–Kier alpha value is -0.160. The minimum absolute atomic E-state index is 0.0580. The predicted molar refractivity (Wildman–Crippen MR) is 75.1 cm³/mol. The molecule has 2 atom stereocenters. The van der Waals surface area contributed by atoms with E-state index in [2.05, 4.69) is 6.92 Å². The lowest BCUT2D eigenvalue weighted by Gasteiger charge is -2.29. The van der Waals surface area contributed by atoms with Crippen molar-refractivity contribution in [2.45, 2.75) is 70.7 Å². The molecule has 0 aromatic heterocycles. The topological polar surface area (TPSA) is 47.9 Å². The van der Waals surface area contributed by atoms with Crippen LogP contribution >= 0.6 is 0 Å². The van der Waals surface area contributed by atoms with Gasteiger partial charge in [-0.3, -0.25) is 0 Å². The Balaban J connectivity index is 1.85. The smallest absolute Gasteiger partial charge is 0.160 e. The van der Waals surface area contributed by atoms with E-state index in [9.17, 15) is 0 Å². The number of unbranched alkanes of at least 4 members (excludes halogenated alkanes) is 5. The van der Waals surface area contributed by atoms with Gasteiger partial charge in [0.05, 0.1) is 25.9 Å². The Bertz CT molecular complexity index is 199. The van der Waals surface area contributed by atoms with Gasteiger partial charge in [0.1, 0.15) is 0 Å². The molecular weight excluding hydrogens is 244 g/mol. The Labute approximate surface area is 117 Å². The molecule has 1 N–H and O–H groups in total. The van der Waals surface area contributed by atoms with Gasteiger partial charge in [-0.2, -0.15) is 0 Å². The molecule has 0 saturated carbocycles. The molecule has 0 radical (unpaired) electrons. The Morgan fingerprint density at radius 2 is 1.89 bits per heavy atom. The van der Waals surface area contributed by atoms with Crippen molar-refractivity contribution in [2.75, 3.05) is 26.4 Å². The molecule has 0 amide bonds. The fourth-order valence-electron chi connectivity index (χ4n) is 2.20. The standard InChI is InChI=1S/C15H30O4/c1-2-3-4-5-6-7-10-17-11-9-15-18-12-8-14(13-16)19-15/h14-16H,2-13H2,1H3/t14-,15+/m1/s1. The van der Waals surface area contributed by atoms with E-state index in [4.69, 9.17) is 19.3 Å². The zero-order valence-electron chi connectivity index (χ0n) is 12.3. The Morgan fingerprint density at radius 1 is 1.11 bits per heavy atom. The summed E-state index contributed by atoms with van der Waals surface area (Å²) >= 11 is 0. The van der Waals surface area contributed by atoms with Crippen LogP contribution in [0, 0.1) is 0 Å². The summed E-state index contributed by atoms with van der Waals surface area (Å²) in [6, 6.07) is 0. The lowest BCUT2D eigenvalue weighted by molar-refractivity contribution is -0.225. The van der Waals surface area contributed by atoms with Crippen molar-refractivity contribution in [2.24, 2.45) is 0 Å². The molecule has 19 heavy (non-hydrogen) atoms. The first kappa shape index (κ1) is 16.9. The summed E-state index contributed by atoms with van der Waals surface area (Å²) in [6.45, 7) is 4.51. The molecule has 1 saturated heterocycles. The average Bonchev–Trinajstić information content (AvgIpc) is 2.46. The van der Waals surface area contributed by atoms with Crippen molar-refractivity contribution in [3.8, 4) is 0 Å². The van der Waals surface area contributed by atoms with Gasteiger partial charge in [-0.25, -0.2) is 0 Å². The maximum absolute atomic E-state index is 9.03. The normalized spacial score (nSPS) is 23.7. The molecule has 1 fully saturated rings. The summed E-state index contributed by atoms with van der Waals surface area (Å²) in [5, 5.41) is 9.03. The van der Waals surface area contributed by atoms with Crippen molar-refractivity contribution in [1.82, 2.24) is 0 Å². The number of ether oxygens (including phenoxy) is 3. The summed E-state index contributed by atoms with van der Waals surface area (Å²) in [6.07, 6.45) is 9.02. The maximum atomic E-state index is 9.03. The first-order valence-corrected chi connectivity index (χ1v) is 7.82. The third-order valence-corrected chi connectivity index (χ3v) is 3.43. The zero-order chi connectivity index (χ0) is 13.8. The van der Waals surface area contributed by atoms with Gasteiger partial charge in [0.2, 0.25) is 0 Å². The second-order valence-electron chi connectivity index (χ2n) is 5.20. The molecule has 0 unspecified atom stereocenters. The van der Waals surface area contributed by atoms with Crippen LogP contribution in [0.4, 0.5) is 0 Å². The summed E-state index contributed by atoms with van der Waals surface area (Å²) in [5.41, 5.74) is 0. The minimum Gasteiger partial charge on any atom is -0.394 e. The van der Waals surface area contributed by atoms with E-state index in [0.29, 0.717) is 13.2 Å². The summed E-state index contributed by atoms with van der Waals surface area (Å²) in [4.78, 5) is 0. The van der Waals surface area contributed by atoms with Crippen LogP contribution in [0.5, 0.6) is 0 Å². The molecule has 0 aliphatic carbocycles. The number of hydrogen-bond donors (Lipinski definition) is 1. The van der Waals surface area contributed by atoms with Gasteiger partial charge < -0.3 is 19.3 Å². The molecule has 114 valence electrons. The van der Waals surface area contributed by atoms with Crippen molar-refractivity contribution in [1.29, 1.82) is 0 Å². The van der Waals surface area contributed by atoms with E-state index in [1.165, 1.54) is 32.1 Å². The molecule has 1 aliphatic heterocycles. The lowest BCUT2D eigenvalue weighted by Crippen LogP contribution is -2.35. The van der Waals surface area contributed by atoms with E-state index >= 15 is 0 Å². The molecule has 0 aromatic rings. The second-order valence-corrected chi connectivity index (χ2v) is 5.20. The molecule has 0 aromatic carbocycles. The van der Waals surface area contributed by atoms with Gasteiger partial charge in [-0.05, 0) is 12.8 Å². The van der Waals surface area contributed by atoms with Crippen LogP contribution in [0.3, 0.4) is 0 Å². The highest BCUT2D eigenvalue weighted by Gasteiger charge is 2.21. The number of rotatable bonds is 11. The largest absolute Gasteiger partial charge is 0.394 e. The lowest BCUT2D eigenvalue weighted by atomic mass is 10.1. The predicted octanol–water partition coefficient (Wildman–Crippen LogP) is 2.88. The van der Waals surface area contributed by atoms with Crippen LogP contribution in [0.2, 0.25) is 0 Å². The van der Waals surface area contributed by atoms with Gasteiger partial charge in [0.25, 0.3) is 0 Å². The highest BCUT2D eigenvalue weighted by Crippen LogP contribution is 2.14. The van der Waals surface area contributed by atoms with Crippen LogP contribution in [-0.2, 0) is 14.2 Å². The number of aliphatic hydroxyl groups is 1. The van der Waals surface area contributed by atoms with Gasteiger partial charge >= 0.3 is 0 Å². The Kier molecular flexibility index (Phi) is 10.4. The van der Waals surface area contributed by atoms with Crippen LogP contribution in [0.25, 0.3) is 0 Å². The molecule has 0 spiro atoms. The van der Waals surface area contributed by atoms with Gasteiger partial charge in [0.15, 0.2) is 6.29 Å². The highest BCUT2D eigenvalue weighted by atomic mass is 16.7. The fourth-order valence-corrected chi connectivity index (χ4v) is 2.20. The van der Waals surface area contributed by atoms with Crippen molar-refractivity contribution in [3.05, 3.63) is 0 Å². The Morgan fingerprint density at radius 3 is 2.68 bits per heavy atom. The molecule has 4 heteroatoms. The quantitative estimate of drug-likeness (QED) is 0.589. The van der Waals surface area contributed by atoms with E-state index in [1.807, 2.05) is 0 Å². The zero-order valence-corrected chi connectivity index (χ0v) is 12.3. The van der Waals surface area contributed by atoms with E-state index in [1.54, 1.807) is 0 Å². The molecule has 0 bridgehead atoms. The van der Waals surface area contributed by atoms with Crippen LogP contribution in [0.15, 0.2) is 0 Å². The molecular formula is C15H30O4. The first-order chi connectivity index (χ1) is 9.36. The molecule has 1 rings (SSSR count). The minimum atomic E-state index is -0.199. The summed E-state index contributed by atoms with van der Waals surface area (Å²) < 4.78 is 16.6. The van der Waals surface area contributed by atoms with E-state index in [-0.39, 0.29) is 19.0 Å². The van der Waals surface area contributed by atoms with Crippen LogP contribution in [0.1, 0.15) is 58.3 Å². The average molecular weight is 274 g/mol. The van der Waals surface area contributed by atoms with E-state index < -0.39 is 0 Å². The van der Waals surface area contributed by atoms with Crippen molar-refractivity contribution < 1.29 is 19.3 Å². The van der Waals surface area contributed by atoms with Gasteiger partial charge in [-0.1, -0.05) is 39.0 Å². The van der Waals surface area contributed by atoms with E-state index in [0.717, 1.165) is 25.9 Å². The summed E-state index contributed by atoms with van der Waals surface area (Å²) in [5.74, 6) is 0. The van der Waals surface area contributed by atoms with Crippen molar-refractivity contribution >= 4 is 0 Å².